The Morgan fingerprint density at radius 3 is 2.43 bits per heavy atom. The maximum atomic E-state index is 11.2. The molecule has 3 nitrogen and oxygen atoms in total. The third-order valence-corrected chi connectivity index (χ3v) is 3.68. The first kappa shape index (κ1) is 19.0. The quantitative estimate of drug-likeness (QED) is 0.445. The summed E-state index contributed by atoms with van der Waals surface area (Å²) in [7, 11) is 0. The van der Waals surface area contributed by atoms with E-state index in [1.54, 1.807) is 12.5 Å². The highest BCUT2D eigenvalue weighted by Crippen LogP contribution is 2.13. The molecule has 0 aliphatic rings. The number of hydrogen-bond acceptors (Lipinski definition) is 2. The third kappa shape index (κ3) is 8.87. The van der Waals surface area contributed by atoms with Crippen LogP contribution in [0, 0.1) is 0 Å². The van der Waals surface area contributed by atoms with Gasteiger partial charge in [-0.2, -0.15) is 0 Å². The van der Waals surface area contributed by atoms with E-state index in [4.69, 9.17) is 4.42 Å². The predicted molar refractivity (Wildman–Crippen MR) is 94.4 cm³/mol. The second-order valence-electron chi connectivity index (χ2n) is 6.11. The van der Waals surface area contributed by atoms with E-state index in [1.807, 2.05) is 26.0 Å². The SMILES string of the molecule is CC(C)=CCC/C(=C/CC/C(C)=C/CCc1ccoc1)C(=O)O. The number of carbonyl (C=O) groups is 1. The normalized spacial score (nSPS) is 12.3. The molecule has 0 atom stereocenters. The second kappa shape index (κ2) is 10.7. The van der Waals surface area contributed by atoms with Gasteiger partial charge in [-0.3, -0.25) is 0 Å². The lowest BCUT2D eigenvalue weighted by atomic mass is 10.0. The van der Waals surface area contributed by atoms with Gasteiger partial charge in [0.1, 0.15) is 0 Å². The van der Waals surface area contributed by atoms with Gasteiger partial charge in [0.05, 0.1) is 12.5 Å². The number of carboxylic acid groups (broad SMARTS) is 1. The largest absolute Gasteiger partial charge is 0.478 e. The molecule has 0 spiro atoms. The minimum Gasteiger partial charge on any atom is -0.478 e. The molecule has 0 aromatic carbocycles. The van der Waals surface area contributed by atoms with Crippen molar-refractivity contribution in [1.82, 2.24) is 0 Å². The molecule has 1 aromatic heterocycles. The minimum absolute atomic E-state index is 0.522. The molecule has 126 valence electrons. The molecule has 0 saturated heterocycles. The lowest BCUT2D eigenvalue weighted by molar-refractivity contribution is -0.132. The van der Waals surface area contributed by atoms with Crippen molar-refractivity contribution in [2.45, 2.75) is 59.3 Å². The number of aryl methyl sites for hydroxylation is 1. The number of furan rings is 1. The number of allylic oxidation sites excluding steroid dienone is 5. The molecule has 1 rings (SSSR count). The first-order valence-corrected chi connectivity index (χ1v) is 8.21. The van der Waals surface area contributed by atoms with Crippen molar-refractivity contribution in [1.29, 1.82) is 0 Å². The van der Waals surface area contributed by atoms with Gasteiger partial charge in [-0.25, -0.2) is 4.79 Å². The Hall–Kier alpha value is -2.03. The number of rotatable bonds is 10. The molecule has 0 fully saturated rings. The summed E-state index contributed by atoms with van der Waals surface area (Å²) >= 11 is 0. The summed E-state index contributed by atoms with van der Waals surface area (Å²) in [4.78, 5) is 11.2. The molecule has 0 unspecified atom stereocenters. The fourth-order valence-electron chi connectivity index (χ4n) is 2.31. The molecule has 23 heavy (non-hydrogen) atoms. The fraction of sp³-hybridized carbons (Fsp3) is 0.450. The zero-order valence-electron chi connectivity index (χ0n) is 14.5. The Morgan fingerprint density at radius 1 is 1.09 bits per heavy atom. The summed E-state index contributed by atoms with van der Waals surface area (Å²) in [6.45, 7) is 6.16. The van der Waals surface area contributed by atoms with Crippen LogP contribution in [0.25, 0.3) is 0 Å². The number of aliphatic carboxylic acids is 1. The van der Waals surface area contributed by atoms with Crippen LogP contribution in [0.3, 0.4) is 0 Å². The van der Waals surface area contributed by atoms with Crippen molar-refractivity contribution in [3.05, 3.63) is 59.1 Å². The van der Waals surface area contributed by atoms with Gasteiger partial charge in [0, 0.05) is 5.57 Å². The summed E-state index contributed by atoms with van der Waals surface area (Å²) in [5, 5.41) is 9.24. The van der Waals surface area contributed by atoms with Crippen LogP contribution in [0.15, 0.2) is 58.0 Å². The topological polar surface area (TPSA) is 50.4 Å². The Labute approximate surface area is 139 Å². The van der Waals surface area contributed by atoms with Crippen LogP contribution in [-0.4, -0.2) is 11.1 Å². The van der Waals surface area contributed by atoms with Gasteiger partial charge in [-0.15, -0.1) is 0 Å². The number of hydrogen-bond donors (Lipinski definition) is 1. The molecule has 1 aromatic rings. The van der Waals surface area contributed by atoms with Crippen LogP contribution in [0.1, 0.15) is 58.4 Å². The summed E-state index contributed by atoms with van der Waals surface area (Å²) < 4.78 is 5.04. The van der Waals surface area contributed by atoms with Crippen LogP contribution >= 0.6 is 0 Å². The Kier molecular flexibility index (Phi) is 8.81. The lowest BCUT2D eigenvalue weighted by Gasteiger charge is -2.02. The Bertz CT molecular complexity index is 556. The van der Waals surface area contributed by atoms with E-state index in [0.29, 0.717) is 12.0 Å². The molecule has 0 saturated carbocycles. The summed E-state index contributed by atoms with van der Waals surface area (Å²) in [5.74, 6) is -0.797. The third-order valence-electron chi connectivity index (χ3n) is 3.68. The summed E-state index contributed by atoms with van der Waals surface area (Å²) in [6.07, 6.45) is 14.7. The maximum Gasteiger partial charge on any atom is 0.331 e. The van der Waals surface area contributed by atoms with Crippen molar-refractivity contribution >= 4 is 5.97 Å². The first-order chi connectivity index (χ1) is 11.0. The lowest BCUT2D eigenvalue weighted by Crippen LogP contribution is -2.00. The highest BCUT2D eigenvalue weighted by molar-refractivity contribution is 5.86. The highest BCUT2D eigenvalue weighted by Gasteiger charge is 2.05. The standard InChI is InChI=1S/C20H28O3/c1-16(2)7-4-11-19(20(21)22)12-6-9-17(3)8-5-10-18-13-14-23-15-18/h7-8,12-15H,4-6,9-11H2,1-3H3,(H,21,22)/b17-8+,19-12-. The first-order valence-electron chi connectivity index (χ1n) is 8.21. The molecule has 3 heteroatoms. The molecule has 1 N–H and O–H groups in total. The summed E-state index contributed by atoms with van der Waals surface area (Å²) in [6, 6.07) is 1.98. The van der Waals surface area contributed by atoms with Crippen LogP contribution in [0.5, 0.6) is 0 Å². The number of carboxylic acids is 1. The van der Waals surface area contributed by atoms with Crippen LogP contribution in [-0.2, 0) is 11.2 Å². The zero-order chi connectivity index (χ0) is 17.1. The molecule has 1 heterocycles. The molecule has 0 bridgehead atoms. The van der Waals surface area contributed by atoms with Gasteiger partial charge in [0.2, 0.25) is 0 Å². The Balaban J connectivity index is 2.37. The molecule has 0 radical (unpaired) electrons. The molecular weight excluding hydrogens is 288 g/mol. The highest BCUT2D eigenvalue weighted by atomic mass is 16.4. The van der Waals surface area contributed by atoms with Crippen LogP contribution in [0.4, 0.5) is 0 Å². The maximum absolute atomic E-state index is 11.2. The Morgan fingerprint density at radius 2 is 1.83 bits per heavy atom. The van der Waals surface area contributed by atoms with E-state index in [2.05, 4.69) is 19.1 Å². The fourth-order valence-corrected chi connectivity index (χ4v) is 2.31. The average Bonchev–Trinajstić information content (AvgIpc) is 2.98. The van der Waals surface area contributed by atoms with Crippen molar-refractivity contribution in [3.63, 3.8) is 0 Å². The van der Waals surface area contributed by atoms with Gasteiger partial charge in [-0.05, 0) is 70.9 Å². The van der Waals surface area contributed by atoms with Gasteiger partial charge >= 0.3 is 5.97 Å². The molecule has 0 aliphatic heterocycles. The molecule has 0 aliphatic carbocycles. The van der Waals surface area contributed by atoms with Gasteiger partial charge in [-0.1, -0.05) is 29.4 Å². The molecule has 0 amide bonds. The van der Waals surface area contributed by atoms with Crippen molar-refractivity contribution in [2.24, 2.45) is 0 Å². The predicted octanol–water partition coefficient (Wildman–Crippen LogP) is 5.70. The van der Waals surface area contributed by atoms with Crippen LogP contribution in [0.2, 0.25) is 0 Å². The zero-order valence-corrected chi connectivity index (χ0v) is 14.5. The van der Waals surface area contributed by atoms with Crippen molar-refractivity contribution < 1.29 is 14.3 Å². The van der Waals surface area contributed by atoms with E-state index in [9.17, 15) is 9.90 Å². The van der Waals surface area contributed by atoms with Gasteiger partial charge in [0.25, 0.3) is 0 Å². The van der Waals surface area contributed by atoms with E-state index >= 15 is 0 Å². The van der Waals surface area contributed by atoms with E-state index in [1.165, 1.54) is 16.7 Å². The van der Waals surface area contributed by atoms with Gasteiger partial charge in [0.15, 0.2) is 0 Å². The second-order valence-corrected chi connectivity index (χ2v) is 6.11. The molecular formula is C20H28O3. The van der Waals surface area contributed by atoms with E-state index < -0.39 is 5.97 Å². The van der Waals surface area contributed by atoms with E-state index in [-0.39, 0.29) is 0 Å². The van der Waals surface area contributed by atoms with E-state index in [0.717, 1.165) is 32.1 Å². The smallest absolute Gasteiger partial charge is 0.331 e. The van der Waals surface area contributed by atoms with Crippen molar-refractivity contribution in [2.75, 3.05) is 0 Å². The average molecular weight is 316 g/mol. The monoisotopic (exact) mass is 316 g/mol. The van der Waals surface area contributed by atoms with Gasteiger partial charge < -0.3 is 9.52 Å². The minimum atomic E-state index is -0.797. The van der Waals surface area contributed by atoms with Crippen LogP contribution < -0.4 is 0 Å². The van der Waals surface area contributed by atoms with Crippen molar-refractivity contribution in [3.8, 4) is 0 Å². The summed E-state index contributed by atoms with van der Waals surface area (Å²) in [5.41, 5.74) is 4.26.